The van der Waals surface area contributed by atoms with E-state index in [-0.39, 0.29) is 5.91 Å². The van der Waals surface area contributed by atoms with Crippen LogP contribution in [0, 0.1) is 0 Å². The van der Waals surface area contributed by atoms with E-state index in [1.165, 1.54) is 17.2 Å². The van der Waals surface area contributed by atoms with E-state index in [0.29, 0.717) is 12.5 Å². The lowest BCUT2D eigenvalue weighted by Gasteiger charge is -2.12. The van der Waals surface area contributed by atoms with Crippen LogP contribution in [-0.2, 0) is 11.3 Å². The summed E-state index contributed by atoms with van der Waals surface area (Å²) in [5.41, 5.74) is 2.45. The Morgan fingerprint density at radius 1 is 1.47 bits per heavy atom. The van der Waals surface area contributed by atoms with Crippen LogP contribution < -0.4 is 5.32 Å². The molecule has 0 aliphatic rings. The fourth-order valence-electron chi connectivity index (χ4n) is 1.51. The topological polar surface area (TPSA) is 29.1 Å². The summed E-state index contributed by atoms with van der Waals surface area (Å²) >= 11 is 0. The normalized spacial score (nSPS) is 10.1. The smallest absolute Gasteiger partial charge is 0.243 e. The van der Waals surface area contributed by atoms with Gasteiger partial charge in [-0.1, -0.05) is 44.7 Å². The first-order chi connectivity index (χ1) is 7.15. The monoisotopic (exact) mass is 203 g/mol. The van der Waals surface area contributed by atoms with E-state index in [0.717, 1.165) is 0 Å². The number of amides is 1. The number of carbonyl (C=O) groups is 1. The van der Waals surface area contributed by atoms with Gasteiger partial charge in [-0.05, 0) is 23.1 Å². The molecule has 1 amide bonds. The second-order valence-electron chi connectivity index (χ2n) is 3.78. The molecule has 1 rings (SSSR count). The molecule has 0 unspecified atom stereocenters. The van der Waals surface area contributed by atoms with Crippen molar-refractivity contribution < 1.29 is 4.79 Å². The third-order valence-electron chi connectivity index (χ3n) is 2.32. The molecule has 0 saturated heterocycles. The van der Waals surface area contributed by atoms with Gasteiger partial charge in [-0.3, -0.25) is 4.79 Å². The van der Waals surface area contributed by atoms with Crippen LogP contribution in [0.4, 0.5) is 0 Å². The minimum absolute atomic E-state index is 0.131. The first-order valence-electron chi connectivity index (χ1n) is 5.13. The zero-order valence-corrected chi connectivity index (χ0v) is 9.29. The summed E-state index contributed by atoms with van der Waals surface area (Å²) in [6.45, 7) is 8.28. The number of rotatable bonds is 4. The molecule has 0 radical (unpaired) electrons. The van der Waals surface area contributed by atoms with Gasteiger partial charge in [0.05, 0.1) is 0 Å². The highest BCUT2D eigenvalue weighted by atomic mass is 16.1. The van der Waals surface area contributed by atoms with E-state index in [1.54, 1.807) is 0 Å². The quantitative estimate of drug-likeness (QED) is 0.749. The van der Waals surface area contributed by atoms with Crippen molar-refractivity contribution >= 4 is 5.91 Å². The highest BCUT2D eigenvalue weighted by Gasteiger charge is 2.05. The molecule has 0 aromatic heterocycles. The van der Waals surface area contributed by atoms with Crippen molar-refractivity contribution in [1.82, 2.24) is 5.32 Å². The molecule has 0 aliphatic carbocycles. The Balaban J connectivity index is 2.75. The van der Waals surface area contributed by atoms with Crippen molar-refractivity contribution in [1.29, 1.82) is 0 Å². The maximum atomic E-state index is 11.0. The second kappa shape index (κ2) is 5.35. The molecular weight excluding hydrogens is 186 g/mol. The predicted molar refractivity (Wildman–Crippen MR) is 62.6 cm³/mol. The SMILES string of the molecule is C=CC(=O)NCc1ccccc1C(C)C. The summed E-state index contributed by atoms with van der Waals surface area (Å²) < 4.78 is 0. The fraction of sp³-hybridized carbons (Fsp3) is 0.308. The highest BCUT2D eigenvalue weighted by Crippen LogP contribution is 2.18. The third kappa shape index (κ3) is 3.24. The second-order valence-corrected chi connectivity index (χ2v) is 3.78. The van der Waals surface area contributed by atoms with Crippen LogP contribution in [0.2, 0.25) is 0 Å². The molecule has 1 N–H and O–H groups in total. The summed E-state index contributed by atoms with van der Waals surface area (Å²) in [6.07, 6.45) is 1.29. The molecule has 80 valence electrons. The van der Waals surface area contributed by atoms with Gasteiger partial charge in [0, 0.05) is 6.54 Å². The van der Waals surface area contributed by atoms with Crippen molar-refractivity contribution in [2.75, 3.05) is 0 Å². The number of benzene rings is 1. The first-order valence-corrected chi connectivity index (χ1v) is 5.13. The predicted octanol–water partition coefficient (Wildman–Crippen LogP) is 2.61. The lowest BCUT2D eigenvalue weighted by atomic mass is 9.97. The molecule has 0 saturated carbocycles. The largest absolute Gasteiger partial charge is 0.348 e. The Morgan fingerprint density at radius 2 is 2.13 bits per heavy atom. The minimum Gasteiger partial charge on any atom is -0.348 e. The van der Waals surface area contributed by atoms with Gasteiger partial charge in [-0.15, -0.1) is 0 Å². The van der Waals surface area contributed by atoms with Crippen LogP contribution in [0.1, 0.15) is 30.9 Å². The van der Waals surface area contributed by atoms with Crippen molar-refractivity contribution in [3.8, 4) is 0 Å². The number of nitrogens with one attached hydrogen (secondary N) is 1. The highest BCUT2D eigenvalue weighted by molar-refractivity contribution is 5.86. The van der Waals surface area contributed by atoms with Gasteiger partial charge in [0.15, 0.2) is 0 Å². The minimum atomic E-state index is -0.131. The van der Waals surface area contributed by atoms with E-state index in [2.05, 4.69) is 31.8 Å². The van der Waals surface area contributed by atoms with Crippen molar-refractivity contribution in [2.45, 2.75) is 26.3 Å². The standard InChI is InChI=1S/C13H17NO/c1-4-13(15)14-9-11-7-5-6-8-12(11)10(2)3/h4-8,10H,1,9H2,2-3H3,(H,14,15). The first kappa shape index (κ1) is 11.5. The van der Waals surface area contributed by atoms with E-state index in [4.69, 9.17) is 0 Å². The Hall–Kier alpha value is -1.57. The van der Waals surface area contributed by atoms with E-state index in [1.807, 2.05) is 18.2 Å². The van der Waals surface area contributed by atoms with Gasteiger partial charge in [-0.2, -0.15) is 0 Å². The summed E-state index contributed by atoms with van der Waals surface area (Å²) in [5, 5.41) is 2.79. The fourth-order valence-corrected chi connectivity index (χ4v) is 1.51. The molecule has 15 heavy (non-hydrogen) atoms. The Morgan fingerprint density at radius 3 is 2.73 bits per heavy atom. The zero-order valence-electron chi connectivity index (χ0n) is 9.29. The Kier molecular flexibility index (Phi) is 4.10. The van der Waals surface area contributed by atoms with Crippen LogP contribution in [0.3, 0.4) is 0 Å². The Labute approximate surface area is 91.0 Å². The van der Waals surface area contributed by atoms with Crippen LogP contribution >= 0.6 is 0 Å². The van der Waals surface area contributed by atoms with Gasteiger partial charge < -0.3 is 5.32 Å². The summed E-state index contributed by atoms with van der Waals surface area (Å²) in [4.78, 5) is 11.0. The van der Waals surface area contributed by atoms with Gasteiger partial charge >= 0.3 is 0 Å². The number of carbonyl (C=O) groups excluding carboxylic acids is 1. The summed E-state index contributed by atoms with van der Waals surface area (Å²) in [7, 11) is 0. The van der Waals surface area contributed by atoms with Gasteiger partial charge in [0.2, 0.25) is 5.91 Å². The Bertz CT molecular complexity index is 355. The molecule has 1 aromatic rings. The average molecular weight is 203 g/mol. The van der Waals surface area contributed by atoms with Gasteiger partial charge in [-0.25, -0.2) is 0 Å². The number of hydrogen-bond acceptors (Lipinski definition) is 1. The maximum absolute atomic E-state index is 11.0. The maximum Gasteiger partial charge on any atom is 0.243 e. The zero-order chi connectivity index (χ0) is 11.3. The van der Waals surface area contributed by atoms with Crippen LogP contribution in [0.25, 0.3) is 0 Å². The van der Waals surface area contributed by atoms with Crippen LogP contribution in [-0.4, -0.2) is 5.91 Å². The van der Waals surface area contributed by atoms with Crippen LogP contribution in [0.5, 0.6) is 0 Å². The van der Waals surface area contributed by atoms with E-state index < -0.39 is 0 Å². The van der Waals surface area contributed by atoms with E-state index >= 15 is 0 Å². The molecular formula is C13H17NO. The molecule has 0 fully saturated rings. The molecule has 0 bridgehead atoms. The van der Waals surface area contributed by atoms with Crippen molar-refractivity contribution in [3.05, 3.63) is 48.0 Å². The van der Waals surface area contributed by atoms with Gasteiger partial charge in [0.1, 0.15) is 0 Å². The molecule has 0 atom stereocenters. The summed E-state index contributed by atoms with van der Waals surface area (Å²) in [6, 6.07) is 8.15. The molecule has 0 heterocycles. The average Bonchev–Trinajstić information content (AvgIpc) is 2.26. The van der Waals surface area contributed by atoms with Crippen LogP contribution in [0.15, 0.2) is 36.9 Å². The lowest BCUT2D eigenvalue weighted by molar-refractivity contribution is -0.116. The molecule has 2 nitrogen and oxygen atoms in total. The van der Waals surface area contributed by atoms with E-state index in [9.17, 15) is 4.79 Å². The molecule has 1 aromatic carbocycles. The van der Waals surface area contributed by atoms with Gasteiger partial charge in [0.25, 0.3) is 0 Å². The number of hydrogen-bond donors (Lipinski definition) is 1. The lowest BCUT2D eigenvalue weighted by Crippen LogP contribution is -2.20. The van der Waals surface area contributed by atoms with Crippen molar-refractivity contribution in [3.63, 3.8) is 0 Å². The molecule has 0 spiro atoms. The van der Waals surface area contributed by atoms with Crippen molar-refractivity contribution in [2.24, 2.45) is 0 Å². The molecule has 0 aliphatic heterocycles. The summed E-state index contributed by atoms with van der Waals surface area (Å²) in [5.74, 6) is 0.343. The molecule has 2 heteroatoms. The third-order valence-corrected chi connectivity index (χ3v) is 2.32.